The Hall–Kier alpha value is -0.570. The van der Waals surface area contributed by atoms with Crippen LogP contribution < -0.4 is 11.3 Å². The van der Waals surface area contributed by atoms with Crippen LogP contribution >= 0.6 is 11.6 Å². The van der Waals surface area contributed by atoms with Gasteiger partial charge in [-0.3, -0.25) is 11.3 Å². The smallest absolute Gasteiger partial charge is 0.0493 e. The average Bonchev–Trinajstić information content (AvgIpc) is 2.60. The first-order valence-corrected chi connectivity index (χ1v) is 6.64. The minimum atomic E-state index is 0.200. The molecule has 2 atom stereocenters. The number of hydrazine groups is 1. The number of hydrogen-bond acceptors (Lipinski definition) is 2. The molecule has 2 rings (SSSR count). The molecular weight excluding hydrogens is 232 g/mol. The van der Waals surface area contributed by atoms with Crippen LogP contribution in [0.4, 0.5) is 0 Å². The van der Waals surface area contributed by atoms with Crippen molar-refractivity contribution >= 4 is 11.6 Å². The standard InChI is InChI=1S/C14H21ClN2/c1-14(2)8-4-7-12(14)13(17-16)10-5-3-6-11(15)9-10/h3,5-6,9,12-13,17H,4,7-8,16H2,1-2H3. The third-order valence-corrected chi connectivity index (χ3v) is 4.36. The van der Waals surface area contributed by atoms with Crippen molar-refractivity contribution in [2.45, 2.75) is 39.2 Å². The fraction of sp³-hybridized carbons (Fsp3) is 0.571. The summed E-state index contributed by atoms with van der Waals surface area (Å²) in [6.07, 6.45) is 3.79. The van der Waals surface area contributed by atoms with Gasteiger partial charge in [0, 0.05) is 11.1 Å². The molecule has 0 bridgehead atoms. The number of halogens is 1. The van der Waals surface area contributed by atoms with Crippen LogP contribution in [0.5, 0.6) is 0 Å². The highest BCUT2D eigenvalue weighted by atomic mass is 35.5. The number of nitrogens with two attached hydrogens (primary N) is 1. The Bertz CT molecular complexity index is 390. The Morgan fingerprint density at radius 1 is 1.47 bits per heavy atom. The lowest BCUT2D eigenvalue weighted by molar-refractivity contribution is 0.198. The van der Waals surface area contributed by atoms with Crippen LogP contribution in [0, 0.1) is 11.3 Å². The summed E-state index contributed by atoms with van der Waals surface area (Å²) in [4.78, 5) is 0. The van der Waals surface area contributed by atoms with E-state index in [1.165, 1.54) is 24.8 Å². The molecule has 17 heavy (non-hydrogen) atoms. The number of nitrogens with one attached hydrogen (secondary N) is 1. The molecule has 0 aliphatic heterocycles. The highest BCUT2D eigenvalue weighted by Crippen LogP contribution is 2.48. The van der Waals surface area contributed by atoms with Crippen molar-refractivity contribution in [2.24, 2.45) is 17.2 Å². The van der Waals surface area contributed by atoms with Gasteiger partial charge in [0.25, 0.3) is 0 Å². The highest BCUT2D eigenvalue weighted by molar-refractivity contribution is 6.30. The summed E-state index contributed by atoms with van der Waals surface area (Å²) in [5, 5.41) is 0.776. The number of benzene rings is 1. The van der Waals surface area contributed by atoms with Crippen LogP contribution in [0.15, 0.2) is 24.3 Å². The van der Waals surface area contributed by atoms with Gasteiger partial charge in [-0.2, -0.15) is 0 Å². The van der Waals surface area contributed by atoms with Crippen molar-refractivity contribution in [3.8, 4) is 0 Å². The van der Waals surface area contributed by atoms with Crippen LogP contribution in [0.1, 0.15) is 44.7 Å². The zero-order valence-electron chi connectivity index (χ0n) is 10.5. The van der Waals surface area contributed by atoms with E-state index in [1.54, 1.807) is 0 Å². The van der Waals surface area contributed by atoms with Gasteiger partial charge >= 0.3 is 0 Å². The maximum atomic E-state index is 6.06. The predicted octanol–water partition coefficient (Wildman–Crippen LogP) is 3.67. The van der Waals surface area contributed by atoms with Crippen LogP contribution in [-0.2, 0) is 0 Å². The summed E-state index contributed by atoms with van der Waals surface area (Å²) < 4.78 is 0. The van der Waals surface area contributed by atoms with Crippen molar-refractivity contribution in [3.05, 3.63) is 34.9 Å². The second kappa shape index (κ2) is 4.97. The third-order valence-electron chi connectivity index (χ3n) is 4.13. The molecule has 0 aromatic heterocycles. The van der Waals surface area contributed by atoms with Crippen LogP contribution in [0.2, 0.25) is 5.02 Å². The Morgan fingerprint density at radius 3 is 2.76 bits per heavy atom. The largest absolute Gasteiger partial charge is 0.271 e. The van der Waals surface area contributed by atoms with Gasteiger partial charge in [-0.05, 0) is 41.9 Å². The molecule has 3 heteroatoms. The lowest BCUT2D eigenvalue weighted by atomic mass is 9.75. The zero-order chi connectivity index (χ0) is 12.5. The summed E-state index contributed by atoms with van der Waals surface area (Å²) >= 11 is 6.06. The second-order valence-electron chi connectivity index (χ2n) is 5.69. The fourth-order valence-corrected chi connectivity index (χ4v) is 3.32. The van der Waals surface area contributed by atoms with Gasteiger partial charge < -0.3 is 0 Å². The second-order valence-corrected chi connectivity index (χ2v) is 6.12. The molecule has 0 radical (unpaired) electrons. The first kappa shape index (κ1) is 12.9. The fourth-order valence-electron chi connectivity index (χ4n) is 3.12. The molecule has 1 aromatic carbocycles. The molecule has 1 aliphatic carbocycles. The van der Waals surface area contributed by atoms with E-state index in [-0.39, 0.29) is 6.04 Å². The third kappa shape index (κ3) is 2.65. The zero-order valence-corrected chi connectivity index (χ0v) is 11.3. The minimum Gasteiger partial charge on any atom is -0.271 e. The maximum Gasteiger partial charge on any atom is 0.0493 e. The molecule has 1 aromatic rings. The summed E-state index contributed by atoms with van der Waals surface area (Å²) in [6, 6.07) is 8.21. The van der Waals surface area contributed by atoms with E-state index >= 15 is 0 Å². The van der Waals surface area contributed by atoms with Crippen molar-refractivity contribution in [1.82, 2.24) is 5.43 Å². The summed E-state index contributed by atoms with van der Waals surface area (Å²) in [6.45, 7) is 4.67. The monoisotopic (exact) mass is 252 g/mol. The van der Waals surface area contributed by atoms with Gasteiger partial charge in [-0.15, -0.1) is 0 Å². The van der Waals surface area contributed by atoms with Crippen LogP contribution in [-0.4, -0.2) is 0 Å². The topological polar surface area (TPSA) is 38.0 Å². The average molecular weight is 253 g/mol. The van der Waals surface area contributed by atoms with Gasteiger partial charge in [0.2, 0.25) is 0 Å². The van der Waals surface area contributed by atoms with Crippen molar-refractivity contribution < 1.29 is 0 Å². The predicted molar refractivity (Wildman–Crippen MR) is 72.6 cm³/mol. The van der Waals surface area contributed by atoms with Crippen molar-refractivity contribution in [2.75, 3.05) is 0 Å². The lowest BCUT2D eigenvalue weighted by Gasteiger charge is -2.34. The molecule has 2 unspecified atom stereocenters. The first-order valence-electron chi connectivity index (χ1n) is 6.26. The lowest BCUT2D eigenvalue weighted by Crippen LogP contribution is -2.37. The van der Waals surface area contributed by atoms with Gasteiger partial charge in [0.05, 0.1) is 0 Å². The summed E-state index contributed by atoms with van der Waals surface area (Å²) in [5.41, 5.74) is 4.53. The van der Waals surface area contributed by atoms with Crippen LogP contribution in [0.3, 0.4) is 0 Å². The quantitative estimate of drug-likeness (QED) is 0.636. The number of rotatable bonds is 3. The van der Waals surface area contributed by atoms with E-state index in [2.05, 4.69) is 25.3 Å². The molecule has 0 saturated heterocycles. The Balaban J connectivity index is 2.27. The Morgan fingerprint density at radius 2 is 2.24 bits per heavy atom. The maximum absolute atomic E-state index is 6.06. The number of hydrogen-bond donors (Lipinski definition) is 2. The van der Waals surface area contributed by atoms with E-state index < -0.39 is 0 Å². The molecule has 3 N–H and O–H groups in total. The van der Waals surface area contributed by atoms with Crippen LogP contribution in [0.25, 0.3) is 0 Å². The molecule has 0 heterocycles. The summed E-state index contributed by atoms with van der Waals surface area (Å²) in [7, 11) is 0. The highest BCUT2D eigenvalue weighted by Gasteiger charge is 2.39. The summed E-state index contributed by atoms with van der Waals surface area (Å²) in [5.74, 6) is 6.34. The molecule has 1 fully saturated rings. The van der Waals surface area contributed by atoms with Gasteiger partial charge in [-0.25, -0.2) is 0 Å². The Labute approximate surface area is 109 Å². The van der Waals surface area contributed by atoms with E-state index in [0.29, 0.717) is 11.3 Å². The molecule has 94 valence electrons. The molecular formula is C14H21ClN2. The van der Waals surface area contributed by atoms with E-state index in [0.717, 1.165) is 5.02 Å². The minimum absolute atomic E-state index is 0.200. The van der Waals surface area contributed by atoms with Gasteiger partial charge in [0.15, 0.2) is 0 Å². The molecule has 0 amide bonds. The first-order chi connectivity index (χ1) is 8.04. The molecule has 0 spiro atoms. The molecule has 1 aliphatic rings. The van der Waals surface area contributed by atoms with Crippen molar-refractivity contribution in [3.63, 3.8) is 0 Å². The molecule has 2 nitrogen and oxygen atoms in total. The van der Waals surface area contributed by atoms with Gasteiger partial charge in [0.1, 0.15) is 0 Å². The molecule has 1 saturated carbocycles. The van der Waals surface area contributed by atoms with Crippen molar-refractivity contribution in [1.29, 1.82) is 0 Å². The Kier molecular flexibility index (Phi) is 3.76. The normalized spacial score (nSPS) is 24.8. The van der Waals surface area contributed by atoms with Gasteiger partial charge in [-0.1, -0.05) is 44.0 Å². The van der Waals surface area contributed by atoms with E-state index in [4.69, 9.17) is 17.4 Å². The van der Waals surface area contributed by atoms with E-state index in [9.17, 15) is 0 Å². The SMILES string of the molecule is CC1(C)CCCC1C(NN)c1cccc(Cl)c1. The van der Waals surface area contributed by atoms with E-state index in [1.807, 2.05) is 18.2 Å².